The predicted octanol–water partition coefficient (Wildman–Crippen LogP) is -1.81. The van der Waals surface area contributed by atoms with Crippen molar-refractivity contribution in [1.82, 2.24) is 0 Å². The van der Waals surface area contributed by atoms with Crippen molar-refractivity contribution in [2.45, 2.75) is 38.8 Å². The number of nitrogens with one attached hydrogen (secondary N) is 1. The van der Waals surface area contributed by atoms with Crippen LogP contribution in [0.15, 0.2) is 0 Å². The second-order valence-electron chi connectivity index (χ2n) is 4.19. The van der Waals surface area contributed by atoms with Gasteiger partial charge in [-0.2, -0.15) is 0 Å². The third kappa shape index (κ3) is 1.53. The van der Waals surface area contributed by atoms with E-state index in [9.17, 15) is 9.90 Å². The molecule has 64 valence electrons. The Hall–Kier alpha value is -0.570. The molecule has 0 aromatic rings. The maximum atomic E-state index is 10.5. The molecule has 1 rings (SSSR count). The first kappa shape index (κ1) is 8.53. The fraction of sp³-hybridized carbons (Fsp3) is 0.875. The molecule has 0 aromatic carbocycles. The third-order valence-electron chi connectivity index (χ3n) is 2.37. The van der Waals surface area contributed by atoms with Crippen molar-refractivity contribution < 1.29 is 14.8 Å². The van der Waals surface area contributed by atoms with E-state index < -0.39 is 5.97 Å². The normalized spacial score (nSPS) is 31.2. The number of carbonyl (C=O) groups excluding carboxylic acids is 1. The van der Waals surface area contributed by atoms with E-state index in [1.165, 1.54) is 0 Å². The molecule has 1 fully saturated rings. The average molecular weight is 157 g/mol. The van der Waals surface area contributed by atoms with Gasteiger partial charge in [0.15, 0.2) is 0 Å². The van der Waals surface area contributed by atoms with E-state index in [2.05, 4.69) is 20.8 Å². The summed E-state index contributed by atoms with van der Waals surface area (Å²) in [7, 11) is 0. The number of rotatable bonds is 1. The van der Waals surface area contributed by atoms with E-state index in [-0.39, 0.29) is 11.6 Å². The Bertz CT molecular complexity index is 171. The summed E-state index contributed by atoms with van der Waals surface area (Å²) in [4.78, 5) is 11.6. The Morgan fingerprint density at radius 2 is 2.09 bits per heavy atom. The van der Waals surface area contributed by atoms with Crippen molar-refractivity contribution in [3.63, 3.8) is 0 Å². The van der Waals surface area contributed by atoms with E-state index in [0.29, 0.717) is 0 Å². The van der Waals surface area contributed by atoms with Crippen molar-refractivity contribution in [3.05, 3.63) is 0 Å². The monoisotopic (exact) mass is 157 g/mol. The number of quaternary nitrogens is 1. The molecule has 0 aliphatic carbocycles. The molecule has 1 unspecified atom stereocenters. The molecule has 0 spiro atoms. The van der Waals surface area contributed by atoms with E-state index >= 15 is 0 Å². The fourth-order valence-corrected chi connectivity index (χ4v) is 1.59. The van der Waals surface area contributed by atoms with Crippen LogP contribution in [-0.4, -0.2) is 24.1 Å². The standard InChI is InChI=1S/C8H15NO2/c1-8(2,3)9-5-4-6(9)7(10)11/h6H,4-5H2,1-3H3,(H,10,11)/t6-/m1/s1. The Morgan fingerprint density at radius 3 is 2.18 bits per heavy atom. The molecule has 0 bridgehead atoms. The lowest BCUT2D eigenvalue weighted by molar-refractivity contribution is -1.00. The largest absolute Gasteiger partial charge is 0.544 e. The van der Waals surface area contributed by atoms with Gasteiger partial charge in [-0.3, -0.25) is 0 Å². The first-order valence-corrected chi connectivity index (χ1v) is 4.00. The van der Waals surface area contributed by atoms with Crippen LogP contribution in [0.25, 0.3) is 0 Å². The summed E-state index contributed by atoms with van der Waals surface area (Å²) < 4.78 is 0. The van der Waals surface area contributed by atoms with Crippen LogP contribution in [0.3, 0.4) is 0 Å². The molecule has 2 atom stereocenters. The topological polar surface area (TPSA) is 44.6 Å². The van der Waals surface area contributed by atoms with Gasteiger partial charge in [-0.1, -0.05) is 0 Å². The maximum Gasteiger partial charge on any atom is 0.133 e. The van der Waals surface area contributed by atoms with Crippen molar-refractivity contribution in [2.24, 2.45) is 0 Å². The summed E-state index contributed by atoms with van der Waals surface area (Å²) in [6.07, 6.45) is 0.773. The van der Waals surface area contributed by atoms with Crippen molar-refractivity contribution in [1.29, 1.82) is 0 Å². The fourth-order valence-electron chi connectivity index (χ4n) is 1.59. The van der Waals surface area contributed by atoms with Crippen LogP contribution in [0, 0.1) is 0 Å². The van der Waals surface area contributed by atoms with Gasteiger partial charge < -0.3 is 14.8 Å². The van der Waals surface area contributed by atoms with Gasteiger partial charge in [0.1, 0.15) is 6.04 Å². The van der Waals surface area contributed by atoms with Gasteiger partial charge in [-0.05, 0) is 20.8 Å². The quantitative estimate of drug-likeness (QED) is 0.488. The summed E-state index contributed by atoms with van der Waals surface area (Å²) in [5.74, 6) is -0.902. The number of carboxylic acid groups (broad SMARTS) is 1. The summed E-state index contributed by atoms with van der Waals surface area (Å²) in [5, 5.41) is 10.5. The van der Waals surface area contributed by atoms with E-state index in [1.54, 1.807) is 0 Å². The smallest absolute Gasteiger partial charge is 0.133 e. The molecule has 3 heteroatoms. The van der Waals surface area contributed by atoms with Gasteiger partial charge in [0.2, 0.25) is 0 Å². The lowest BCUT2D eigenvalue weighted by Crippen LogP contribution is -3.28. The summed E-state index contributed by atoms with van der Waals surface area (Å²) in [5.41, 5.74) is 0.0446. The molecule has 1 heterocycles. The molecule has 11 heavy (non-hydrogen) atoms. The number of hydrogen-bond donors (Lipinski definition) is 1. The molecule has 3 nitrogen and oxygen atoms in total. The second kappa shape index (κ2) is 2.48. The number of aliphatic carboxylic acids is 1. The van der Waals surface area contributed by atoms with Gasteiger partial charge in [0.25, 0.3) is 0 Å². The molecule has 0 saturated carbocycles. The van der Waals surface area contributed by atoms with Gasteiger partial charge >= 0.3 is 0 Å². The predicted molar refractivity (Wildman–Crippen MR) is 39.0 cm³/mol. The first-order valence-electron chi connectivity index (χ1n) is 4.00. The molecule has 1 aliphatic rings. The van der Waals surface area contributed by atoms with Gasteiger partial charge in [-0.15, -0.1) is 0 Å². The third-order valence-corrected chi connectivity index (χ3v) is 2.37. The lowest BCUT2D eigenvalue weighted by atomic mass is 9.93. The molecule has 1 N–H and O–H groups in total. The van der Waals surface area contributed by atoms with Crippen LogP contribution in [0.4, 0.5) is 0 Å². The first-order chi connectivity index (χ1) is 4.93. The zero-order chi connectivity index (χ0) is 8.65. The van der Waals surface area contributed by atoms with Crippen LogP contribution in [0.5, 0.6) is 0 Å². The Labute approximate surface area is 67.0 Å². The lowest BCUT2D eigenvalue weighted by Gasteiger charge is -2.45. The average Bonchev–Trinajstić information content (AvgIpc) is 1.51. The van der Waals surface area contributed by atoms with Gasteiger partial charge in [0.05, 0.1) is 24.5 Å². The van der Waals surface area contributed by atoms with Crippen molar-refractivity contribution in [3.8, 4) is 0 Å². The molecule has 0 amide bonds. The minimum Gasteiger partial charge on any atom is -0.544 e. The highest BCUT2D eigenvalue weighted by molar-refractivity contribution is 5.70. The summed E-state index contributed by atoms with van der Waals surface area (Å²) >= 11 is 0. The maximum absolute atomic E-state index is 10.5. The van der Waals surface area contributed by atoms with E-state index in [4.69, 9.17) is 0 Å². The zero-order valence-corrected chi connectivity index (χ0v) is 7.31. The van der Waals surface area contributed by atoms with Crippen LogP contribution in [-0.2, 0) is 4.79 Å². The van der Waals surface area contributed by atoms with Crippen molar-refractivity contribution in [2.75, 3.05) is 6.54 Å². The second-order valence-corrected chi connectivity index (χ2v) is 4.19. The van der Waals surface area contributed by atoms with E-state index in [0.717, 1.165) is 17.9 Å². The number of carbonyl (C=O) groups is 1. The number of hydrogen-bond acceptors (Lipinski definition) is 2. The number of carboxylic acids is 1. The Morgan fingerprint density at radius 1 is 1.55 bits per heavy atom. The van der Waals surface area contributed by atoms with E-state index in [1.807, 2.05) is 0 Å². The Kier molecular flexibility index (Phi) is 1.92. The van der Waals surface area contributed by atoms with Crippen LogP contribution < -0.4 is 10.0 Å². The van der Waals surface area contributed by atoms with Crippen LogP contribution in [0.2, 0.25) is 0 Å². The summed E-state index contributed by atoms with van der Waals surface area (Å²) in [6.45, 7) is 7.12. The molecular formula is C8H15NO2. The van der Waals surface area contributed by atoms with Gasteiger partial charge in [-0.25, -0.2) is 0 Å². The highest BCUT2D eigenvalue weighted by Crippen LogP contribution is 2.03. The van der Waals surface area contributed by atoms with Crippen LogP contribution in [0.1, 0.15) is 27.2 Å². The highest BCUT2D eigenvalue weighted by atomic mass is 16.4. The highest BCUT2D eigenvalue weighted by Gasteiger charge is 2.41. The molecule has 0 radical (unpaired) electrons. The van der Waals surface area contributed by atoms with Crippen LogP contribution >= 0.6 is 0 Å². The van der Waals surface area contributed by atoms with Gasteiger partial charge in [0, 0.05) is 0 Å². The van der Waals surface area contributed by atoms with Crippen molar-refractivity contribution >= 4 is 5.97 Å². The Balaban J connectivity index is 2.57. The summed E-state index contributed by atoms with van der Waals surface area (Å²) in [6, 6.07) is -0.269. The SMILES string of the molecule is CC(C)(C)[NH+]1CC[C@@H]1C(=O)[O-]. The zero-order valence-electron chi connectivity index (χ0n) is 7.31. The molecular weight excluding hydrogens is 142 g/mol. The minimum atomic E-state index is -0.902. The molecule has 1 aliphatic heterocycles. The molecule has 1 saturated heterocycles. The minimum absolute atomic E-state index is 0.0446. The number of likely N-dealkylation sites (tertiary alicyclic amines) is 1. The molecule has 0 aromatic heterocycles.